The average Bonchev–Trinajstić information content (AvgIpc) is 2.63. The monoisotopic (exact) mass is 365 g/mol. The van der Waals surface area contributed by atoms with Crippen molar-refractivity contribution in [2.45, 2.75) is 64.7 Å². The third kappa shape index (κ3) is 9.54. The molecular formula is C21H32FNO3. The van der Waals surface area contributed by atoms with E-state index in [1.807, 2.05) is 0 Å². The molecule has 0 spiro atoms. The van der Waals surface area contributed by atoms with E-state index in [2.05, 4.69) is 6.92 Å². The number of esters is 1. The Labute approximate surface area is 156 Å². The van der Waals surface area contributed by atoms with Crippen molar-refractivity contribution in [2.24, 2.45) is 0 Å². The molecule has 1 aromatic carbocycles. The first-order valence-corrected chi connectivity index (χ1v) is 9.71. The SMILES string of the molecule is CCCCCCCCCCCOC(=O)CN(C)C(=O)c1ccc(F)cc1. The van der Waals surface area contributed by atoms with Crippen LogP contribution < -0.4 is 0 Å². The van der Waals surface area contributed by atoms with Crippen LogP contribution in [-0.4, -0.2) is 37.0 Å². The fourth-order valence-corrected chi connectivity index (χ4v) is 2.72. The van der Waals surface area contributed by atoms with Gasteiger partial charge in [0.15, 0.2) is 0 Å². The number of hydrogen-bond acceptors (Lipinski definition) is 3. The van der Waals surface area contributed by atoms with Gasteiger partial charge in [-0.3, -0.25) is 9.59 Å². The lowest BCUT2D eigenvalue weighted by Crippen LogP contribution is -2.33. The fraction of sp³-hybridized carbons (Fsp3) is 0.619. The van der Waals surface area contributed by atoms with E-state index in [4.69, 9.17) is 4.74 Å². The minimum Gasteiger partial charge on any atom is -0.464 e. The first-order valence-electron chi connectivity index (χ1n) is 9.71. The van der Waals surface area contributed by atoms with Crippen molar-refractivity contribution in [3.63, 3.8) is 0 Å². The molecule has 0 aliphatic carbocycles. The quantitative estimate of drug-likeness (QED) is 0.366. The van der Waals surface area contributed by atoms with Crippen LogP contribution in [0.2, 0.25) is 0 Å². The number of nitrogens with zero attached hydrogens (tertiary/aromatic N) is 1. The molecule has 0 saturated carbocycles. The highest BCUT2D eigenvalue weighted by Crippen LogP contribution is 2.10. The molecule has 0 radical (unpaired) electrons. The molecule has 26 heavy (non-hydrogen) atoms. The van der Waals surface area contributed by atoms with Gasteiger partial charge in [0.05, 0.1) is 6.61 Å². The van der Waals surface area contributed by atoms with Gasteiger partial charge in [0.2, 0.25) is 0 Å². The van der Waals surface area contributed by atoms with Gasteiger partial charge in [0.25, 0.3) is 5.91 Å². The van der Waals surface area contributed by atoms with E-state index in [9.17, 15) is 14.0 Å². The number of benzene rings is 1. The Balaban J connectivity index is 2.09. The second kappa shape index (κ2) is 13.3. The summed E-state index contributed by atoms with van der Waals surface area (Å²) < 4.78 is 18.1. The molecule has 0 unspecified atom stereocenters. The Morgan fingerprint density at radius 1 is 0.923 bits per heavy atom. The Morgan fingerprint density at radius 3 is 2.04 bits per heavy atom. The van der Waals surface area contributed by atoms with Gasteiger partial charge < -0.3 is 9.64 Å². The largest absolute Gasteiger partial charge is 0.464 e. The minimum absolute atomic E-state index is 0.104. The van der Waals surface area contributed by atoms with Crippen molar-refractivity contribution in [1.82, 2.24) is 4.90 Å². The third-order valence-electron chi connectivity index (χ3n) is 4.32. The van der Waals surface area contributed by atoms with Gasteiger partial charge >= 0.3 is 5.97 Å². The van der Waals surface area contributed by atoms with E-state index in [0.717, 1.165) is 12.8 Å². The molecule has 0 aliphatic rings. The first-order chi connectivity index (χ1) is 12.5. The summed E-state index contributed by atoms with van der Waals surface area (Å²) in [7, 11) is 1.53. The molecule has 1 rings (SSSR count). The fourth-order valence-electron chi connectivity index (χ4n) is 2.72. The van der Waals surface area contributed by atoms with E-state index in [0.29, 0.717) is 12.2 Å². The maximum Gasteiger partial charge on any atom is 0.325 e. The van der Waals surface area contributed by atoms with Gasteiger partial charge in [-0.25, -0.2) is 4.39 Å². The number of likely N-dealkylation sites (N-methyl/N-ethyl adjacent to an activating group) is 1. The van der Waals surface area contributed by atoms with Crippen LogP contribution in [0.3, 0.4) is 0 Å². The molecule has 0 fully saturated rings. The van der Waals surface area contributed by atoms with Crippen molar-refractivity contribution >= 4 is 11.9 Å². The summed E-state index contributed by atoms with van der Waals surface area (Å²) >= 11 is 0. The molecule has 146 valence electrons. The lowest BCUT2D eigenvalue weighted by molar-refractivity contribution is -0.144. The highest BCUT2D eigenvalue weighted by Gasteiger charge is 2.15. The molecule has 4 nitrogen and oxygen atoms in total. The average molecular weight is 365 g/mol. The second-order valence-corrected chi connectivity index (χ2v) is 6.72. The third-order valence-corrected chi connectivity index (χ3v) is 4.32. The zero-order valence-corrected chi connectivity index (χ0v) is 16.1. The standard InChI is InChI=1S/C21H32FNO3/c1-3-4-5-6-7-8-9-10-11-16-26-20(24)17-23(2)21(25)18-12-14-19(22)15-13-18/h12-15H,3-11,16-17H2,1-2H3. The summed E-state index contributed by atoms with van der Waals surface area (Å²) in [5.74, 6) is -1.14. The number of carbonyl (C=O) groups excluding carboxylic acids is 2. The van der Waals surface area contributed by atoms with E-state index in [1.54, 1.807) is 0 Å². The number of unbranched alkanes of at least 4 members (excludes halogenated alkanes) is 8. The van der Waals surface area contributed by atoms with Crippen molar-refractivity contribution in [1.29, 1.82) is 0 Å². The molecule has 0 aromatic heterocycles. The zero-order chi connectivity index (χ0) is 19.2. The van der Waals surface area contributed by atoms with Gasteiger partial charge in [-0.05, 0) is 30.7 Å². The minimum atomic E-state index is -0.414. The number of hydrogen-bond donors (Lipinski definition) is 0. The Morgan fingerprint density at radius 2 is 1.46 bits per heavy atom. The first kappa shape index (κ1) is 22.1. The topological polar surface area (TPSA) is 46.6 Å². The summed E-state index contributed by atoms with van der Waals surface area (Å²) in [6.07, 6.45) is 10.9. The molecule has 0 aliphatic heterocycles. The van der Waals surface area contributed by atoms with Crippen LogP contribution >= 0.6 is 0 Å². The molecule has 1 amide bonds. The highest BCUT2D eigenvalue weighted by molar-refractivity contribution is 5.95. The van der Waals surface area contributed by atoms with Crippen molar-refractivity contribution in [3.8, 4) is 0 Å². The Bertz CT molecular complexity index is 531. The highest BCUT2D eigenvalue weighted by atomic mass is 19.1. The van der Waals surface area contributed by atoms with E-state index >= 15 is 0 Å². The van der Waals surface area contributed by atoms with E-state index in [-0.39, 0.29) is 12.5 Å². The maximum absolute atomic E-state index is 12.9. The summed E-state index contributed by atoms with van der Waals surface area (Å²) in [5, 5.41) is 0. The molecule has 0 atom stereocenters. The summed E-state index contributed by atoms with van der Waals surface area (Å²) in [4.78, 5) is 25.2. The van der Waals surface area contributed by atoms with Crippen molar-refractivity contribution in [3.05, 3.63) is 35.6 Å². The van der Waals surface area contributed by atoms with Crippen molar-refractivity contribution in [2.75, 3.05) is 20.2 Å². The van der Waals surface area contributed by atoms with Crippen LogP contribution in [0, 0.1) is 5.82 Å². The van der Waals surface area contributed by atoms with Crippen LogP contribution in [0.1, 0.15) is 75.1 Å². The van der Waals surface area contributed by atoms with Gasteiger partial charge in [0.1, 0.15) is 12.4 Å². The van der Waals surface area contributed by atoms with Crippen molar-refractivity contribution < 1.29 is 18.7 Å². The molecule has 0 heterocycles. The molecule has 1 aromatic rings. The van der Waals surface area contributed by atoms with Crippen LogP contribution in [0.15, 0.2) is 24.3 Å². The smallest absolute Gasteiger partial charge is 0.325 e. The maximum atomic E-state index is 12.9. The Hall–Kier alpha value is -1.91. The molecule has 0 bridgehead atoms. The Kier molecular flexibility index (Phi) is 11.3. The van der Waals surface area contributed by atoms with Crippen LogP contribution in [-0.2, 0) is 9.53 Å². The second-order valence-electron chi connectivity index (χ2n) is 6.72. The number of ether oxygens (including phenoxy) is 1. The summed E-state index contributed by atoms with van der Waals surface area (Å²) in [5.41, 5.74) is 0.348. The number of carbonyl (C=O) groups is 2. The van der Waals surface area contributed by atoms with Gasteiger partial charge in [-0.1, -0.05) is 58.3 Å². The molecule has 0 saturated heterocycles. The predicted molar refractivity (Wildman–Crippen MR) is 102 cm³/mol. The number of amides is 1. The number of halogens is 1. The lowest BCUT2D eigenvalue weighted by atomic mass is 10.1. The summed E-state index contributed by atoms with van der Waals surface area (Å²) in [6, 6.07) is 5.26. The van der Waals surface area contributed by atoms with Crippen LogP contribution in [0.5, 0.6) is 0 Å². The van der Waals surface area contributed by atoms with Gasteiger partial charge in [0, 0.05) is 12.6 Å². The van der Waals surface area contributed by atoms with E-state index in [1.165, 1.54) is 81.2 Å². The van der Waals surface area contributed by atoms with Crippen LogP contribution in [0.4, 0.5) is 4.39 Å². The molecule has 5 heteroatoms. The summed E-state index contributed by atoms with van der Waals surface area (Å²) in [6.45, 7) is 2.51. The predicted octanol–water partition coefficient (Wildman–Crippen LogP) is 4.97. The van der Waals surface area contributed by atoms with Crippen LogP contribution in [0.25, 0.3) is 0 Å². The number of rotatable bonds is 13. The zero-order valence-electron chi connectivity index (χ0n) is 16.1. The van der Waals surface area contributed by atoms with Gasteiger partial charge in [-0.15, -0.1) is 0 Å². The molecule has 0 N–H and O–H groups in total. The lowest BCUT2D eigenvalue weighted by Gasteiger charge is -2.16. The van der Waals surface area contributed by atoms with Gasteiger partial charge in [-0.2, -0.15) is 0 Å². The van der Waals surface area contributed by atoms with E-state index < -0.39 is 11.8 Å². The molecular weight excluding hydrogens is 333 g/mol. The normalized spacial score (nSPS) is 10.6.